The molecule has 0 aliphatic carbocycles. The van der Waals surface area contributed by atoms with Crippen molar-refractivity contribution >= 4 is 20.3 Å². The number of nitrogens with one attached hydrogen (secondary N) is 1. The zero-order valence-electron chi connectivity index (χ0n) is 5.31. The molecular weight excluding hydrogens is 175 g/mol. The first-order valence-corrected chi connectivity index (χ1v) is 3.17. The van der Waals surface area contributed by atoms with Crippen molar-refractivity contribution in [2.24, 2.45) is 17.2 Å². The van der Waals surface area contributed by atoms with E-state index in [-0.39, 0.29) is 0 Å². The van der Waals surface area contributed by atoms with Crippen LogP contribution >= 0.6 is 8.25 Å². The third-order valence-corrected chi connectivity index (χ3v) is 0.519. The monoisotopic (exact) mass is 182 g/mol. The molecule has 0 aromatic heterocycles. The second-order valence-corrected chi connectivity index (χ2v) is 1.71. The summed E-state index contributed by atoms with van der Waals surface area (Å²) < 4.78 is 13.0. The molecule has 0 aliphatic rings. The molecule has 64 valence electrons. The summed E-state index contributed by atoms with van der Waals surface area (Å²) in [5.74, 6) is 0. The third kappa shape index (κ3) is 55.4. The molecule has 0 aliphatic heterocycles. The smallest absolute Gasteiger partial charge is 0.542 e. The number of amides is 2. The Labute approximate surface area is 62.8 Å². The first-order valence-electron chi connectivity index (χ1n) is 2.07. The maximum absolute atomic E-state index is 9.40. The van der Waals surface area contributed by atoms with Gasteiger partial charge in [-0.3, -0.25) is 0 Å². The molecule has 9 heteroatoms. The number of carbonyl (C=O) groups excluding carboxylic acids is 1. The van der Waals surface area contributed by atoms with Crippen molar-refractivity contribution < 1.29 is 18.8 Å². The van der Waals surface area contributed by atoms with E-state index >= 15 is 0 Å². The Morgan fingerprint density at radius 3 is 1.73 bits per heavy atom. The van der Waals surface area contributed by atoms with Crippen molar-refractivity contribution in [1.29, 1.82) is 5.41 Å². The predicted octanol–water partition coefficient (Wildman–Crippen LogP) is -2.06. The summed E-state index contributed by atoms with van der Waals surface area (Å²) in [6.07, 6.45) is 0. The van der Waals surface area contributed by atoms with Crippen LogP contribution in [0, 0.1) is 5.41 Å². The highest BCUT2D eigenvalue weighted by Gasteiger charge is 2.00. The van der Waals surface area contributed by atoms with Crippen LogP contribution in [0.1, 0.15) is 0 Å². The molecule has 0 bridgehead atoms. The summed E-state index contributed by atoms with van der Waals surface area (Å²) in [6.45, 7) is 0. The lowest BCUT2D eigenvalue weighted by Crippen LogP contribution is -2.18. The first kappa shape index (κ1) is 12.3. The summed E-state index contributed by atoms with van der Waals surface area (Å²) in [6, 6.07) is -1.64. The second-order valence-electron chi connectivity index (χ2n) is 1.08. The molecule has 0 spiro atoms. The summed E-state index contributed by atoms with van der Waals surface area (Å²) in [4.78, 5) is 18.4. The lowest BCUT2D eigenvalue weighted by Gasteiger charge is -1.83. The van der Waals surface area contributed by atoms with E-state index in [0.29, 0.717) is 0 Å². The molecule has 0 radical (unpaired) electrons. The van der Waals surface area contributed by atoms with E-state index in [4.69, 9.17) is 10.2 Å². The van der Waals surface area contributed by atoms with Crippen LogP contribution in [-0.4, -0.2) is 12.1 Å². The van der Waals surface area contributed by atoms with Gasteiger partial charge in [-0.05, 0) is 4.57 Å². The van der Waals surface area contributed by atoms with Crippen molar-refractivity contribution in [1.82, 2.24) is 0 Å². The van der Waals surface area contributed by atoms with Gasteiger partial charge in [0.05, 0.1) is 0 Å². The molecule has 1 unspecified atom stereocenters. The van der Waals surface area contributed by atoms with E-state index in [1.165, 1.54) is 0 Å². The number of hydrogen-bond acceptors (Lipinski definition) is 5. The average molecular weight is 182 g/mol. The minimum absolute atomic E-state index is 0.809. The molecule has 0 aromatic carbocycles. The molecule has 11 heavy (non-hydrogen) atoms. The van der Waals surface area contributed by atoms with Gasteiger partial charge in [-0.2, -0.15) is 0 Å². The van der Waals surface area contributed by atoms with E-state index in [1.54, 1.807) is 0 Å². The number of hydrogen-bond donors (Lipinski definition) is 4. The Morgan fingerprint density at radius 2 is 1.73 bits per heavy atom. The van der Waals surface area contributed by atoms with E-state index < -0.39 is 20.3 Å². The normalized spacial score (nSPS) is 8.64. The number of rotatable bonds is 1. The number of urea groups is 1. The van der Waals surface area contributed by atoms with Gasteiger partial charge in [-0.25, -0.2) is 14.7 Å². The molecule has 2 amide bonds. The van der Waals surface area contributed by atoms with Crippen LogP contribution in [0.2, 0.25) is 0 Å². The molecule has 0 heterocycles. The molecule has 0 saturated heterocycles. The van der Waals surface area contributed by atoms with Crippen molar-refractivity contribution in [3.8, 4) is 0 Å². The lowest BCUT2D eigenvalue weighted by molar-refractivity contribution is -0.179. The zero-order chi connectivity index (χ0) is 9.44. The van der Waals surface area contributed by atoms with Crippen LogP contribution in [0.5, 0.6) is 0 Å². The topological polar surface area (TPSA) is 168 Å². The van der Waals surface area contributed by atoms with Crippen LogP contribution in [-0.2, 0) is 9.09 Å². The number of amidine groups is 1. The SMILES string of the molecule is N=C(N)O[P+](=O)[O-].NC(N)=O. The van der Waals surface area contributed by atoms with E-state index in [0.717, 1.165) is 0 Å². The molecule has 8 nitrogen and oxygen atoms in total. The zero-order valence-corrected chi connectivity index (χ0v) is 6.21. The van der Waals surface area contributed by atoms with Crippen LogP contribution < -0.4 is 22.1 Å². The first-order chi connectivity index (χ1) is 4.86. The van der Waals surface area contributed by atoms with Gasteiger partial charge in [0.15, 0.2) is 0 Å². The Balaban J connectivity index is 0. The summed E-state index contributed by atoms with van der Waals surface area (Å²) in [5.41, 5.74) is 13.0. The van der Waals surface area contributed by atoms with Crippen LogP contribution in [0.25, 0.3) is 0 Å². The molecule has 0 fully saturated rings. The molecule has 7 N–H and O–H groups in total. The Kier molecular flexibility index (Phi) is 7.51. The number of carbonyl (C=O) groups is 1. The fourth-order valence-corrected chi connectivity index (χ4v) is 0.241. The van der Waals surface area contributed by atoms with Gasteiger partial charge < -0.3 is 22.1 Å². The fraction of sp³-hybridized carbons (Fsp3) is 0. The van der Waals surface area contributed by atoms with Crippen LogP contribution in [0.15, 0.2) is 0 Å². The number of primary amides is 2. The molecular formula is C2H7N4O4P. The van der Waals surface area contributed by atoms with E-state index in [1.807, 2.05) is 0 Å². The van der Waals surface area contributed by atoms with Gasteiger partial charge in [-0.15, -0.1) is 0 Å². The fourth-order valence-electron chi connectivity index (χ4n) is 0.0803. The van der Waals surface area contributed by atoms with Gasteiger partial charge in [0, 0.05) is 0 Å². The van der Waals surface area contributed by atoms with Gasteiger partial charge in [0.2, 0.25) is 0 Å². The minimum Gasteiger partial charge on any atom is -0.558 e. The number of nitrogens with two attached hydrogens (primary N) is 3. The van der Waals surface area contributed by atoms with Gasteiger partial charge in [0.1, 0.15) is 0 Å². The highest BCUT2D eigenvalue weighted by atomic mass is 31.1. The second kappa shape index (κ2) is 6.72. The quantitative estimate of drug-likeness (QED) is 0.207. The predicted molar refractivity (Wildman–Crippen MR) is 34.4 cm³/mol. The maximum Gasteiger partial charge on any atom is 0.542 e. The molecule has 1 atom stereocenters. The Morgan fingerprint density at radius 1 is 1.45 bits per heavy atom. The van der Waals surface area contributed by atoms with Crippen LogP contribution in [0.3, 0.4) is 0 Å². The maximum atomic E-state index is 9.40. The summed E-state index contributed by atoms with van der Waals surface area (Å²) >= 11 is 0. The molecule has 0 rings (SSSR count). The van der Waals surface area contributed by atoms with Crippen LogP contribution in [0.4, 0.5) is 4.79 Å². The van der Waals surface area contributed by atoms with Gasteiger partial charge >= 0.3 is 20.3 Å². The lowest BCUT2D eigenvalue weighted by atomic mass is 11.2. The average Bonchev–Trinajstić information content (AvgIpc) is 1.56. The Bertz CT molecular complexity index is 153. The van der Waals surface area contributed by atoms with Gasteiger partial charge in [0.25, 0.3) is 0 Å². The van der Waals surface area contributed by atoms with E-state index in [9.17, 15) is 9.46 Å². The van der Waals surface area contributed by atoms with Gasteiger partial charge in [-0.1, -0.05) is 0 Å². The standard InChI is InChI=1S/CH3N2O3P.CH4N2O/c2-1(3)6-7(4)5;2-1(3)4/h(H3,2,3);(H4,2,3,4). The third-order valence-electron chi connectivity index (χ3n) is 0.173. The van der Waals surface area contributed by atoms with Crippen molar-refractivity contribution in [2.45, 2.75) is 0 Å². The van der Waals surface area contributed by atoms with Crippen molar-refractivity contribution in [2.75, 3.05) is 0 Å². The van der Waals surface area contributed by atoms with Crippen molar-refractivity contribution in [3.05, 3.63) is 0 Å². The highest BCUT2D eigenvalue weighted by Crippen LogP contribution is 2.05. The molecule has 0 aromatic rings. The summed E-state index contributed by atoms with van der Waals surface area (Å²) in [5, 5.41) is 6.20. The molecule has 0 saturated carbocycles. The minimum atomic E-state index is -2.99. The summed E-state index contributed by atoms with van der Waals surface area (Å²) in [7, 11) is -2.99. The van der Waals surface area contributed by atoms with E-state index in [2.05, 4.69) is 21.7 Å². The Hall–Kier alpha value is -1.40. The van der Waals surface area contributed by atoms with Crippen molar-refractivity contribution in [3.63, 3.8) is 0 Å². The largest absolute Gasteiger partial charge is 0.558 e. The highest BCUT2D eigenvalue weighted by molar-refractivity contribution is 7.31.